The van der Waals surface area contributed by atoms with E-state index in [1.165, 1.54) is 10.5 Å². The molecular weight excluding hydrogens is 278 g/mol. The van der Waals surface area contributed by atoms with E-state index in [9.17, 15) is 0 Å². The van der Waals surface area contributed by atoms with Gasteiger partial charge in [0.25, 0.3) is 0 Å². The minimum Gasteiger partial charge on any atom is -0.497 e. The van der Waals surface area contributed by atoms with Gasteiger partial charge in [0.1, 0.15) is 5.75 Å². The smallest absolute Gasteiger partial charge is 0.119 e. The number of halogens is 1. The van der Waals surface area contributed by atoms with Crippen LogP contribution in [0.25, 0.3) is 0 Å². The maximum Gasteiger partial charge on any atom is 0.119 e. The number of nitriles is 1. The van der Waals surface area contributed by atoms with Crippen molar-refractivity contribution in [1.82, 2.24) is 0 Å². The van der Waals surface area contributed by atoms with Crippen molar-refractivity contribution in [3.05, 3.63) is 53.1 Å². The fourth-order valence-corrected chi connectivity index (χ4v) is 2.68. The van der Waals surface area contributed by atoms with Gasteiger partial charge in [-0.05, 0) is 48.9 Å². The molecule has 0 amide bonds. The third-order valence-electron chi connectivity index (χ3n) is 2.41. The molecule has 19 heavy (non-hydrogen) atoms. The summed E-state index contributed by atoms with van der Waals surface area (Å²) in [6.07, 6.45) is 0. The Hall–Kier alpha value is -1.63. The molecule has 0 spiro atoms. The van der Waals surface area contributed by atoms with Gasteiger partial charge in [0.05, 0.1) is 7.11 Å². The molecule has 0 aromatic heterocycles. The van der Waals surface area contributed by atoms with E-state index in [2.05, 4.69) is 19.6 Å². The second-order valence-corrected chi connectivity index (χ2v) is 5.24. The molecule has 0 aliphatic heterocycles. The predicted octanol–water partition coefficient (Wildman–Crippen LogP) is 4.95. The first kappa shape index (κ1) is 15.4. The summed E-state index contributed by atoms with van der Waals surface area (Å²) in [6, 6.07) is 14.0. The Bertz CT molecular complexity index is 569. The standard InChI is InChI=1S/C14H13ClOS.CHN/c1-10-8-11(15)6-7-14(10)17-13-5-3-4-12(9-13)16-2;1-2/h3-9H,1-2H3;1H. The summed E-state index contributed by atoms with van der Waals surface area (Å²) in [5.41, 5.74) is 1.19. The first-order chi connectivity index (χ1) is 9.19. The topological polar surface area (TPSA) is 33.0 Å². The van der Waals surface area contributed by atoms with Gasteiger partial charge in [-0.2, -0.15) is 0 Å². The molecule has 0 heterocycles. The highest BCUT2D eigenvalue weighted by molar-refractivity contribution is 7.99. The molecule has 0 radical (unpaired) electrons. The van der Waals surface area contributed by atoms with Gasteiger partial charge in [-0.3, -0.25) is 0 Å². The maximum atomic E-state index is 6.50. The predicted molar refractivity (Wildman–Crippen MR) is 80.0 cm³/mol. The van der Waals surface area contributed by atoms with E-state index in [0.29, 0.717) is 0 Å². The van der Waals surface area contributed by atoms with Crippen molar-refractivity contribution in [3.63, 3.8) is 0 Å². The largest absolute Gasteiger partial charge is 0.497 e. The molecular formula is C15H14ClNOS. The average molecular weight is 292 g/mol. The molecule has 0 N–H and O–H groups in total. The Balaban J connectivity index is 0.000000861. The van der Waals surface area contributed by atoms with Crippen molar-refractivity contribution in [2.24, 2.45) is 0 Å². The van der Waals surface area contributed by atoms with Crippen LogP contribution in [-0.2, 0) is 0 Å². The first-order valence-corrected chi connectivity index (χ1v) is 6.72. The molecule has 0 atom stereocenters. The first-order valence-electron chi connectivity index (χ1n) is 5.53. The summed E-state index contributed by atoms with van der Waals surface area (Å²) in [5, 5.41) is 7.28. The highest BCUT2D eigenvalue weighted by atomic mass is 35.5. The van der Waals surface area contributed by atoms with Gasteiger partial charge in [-0.15, -0.1) is 0 Å². The molecule has 2 aromatic carbocycles. The molecule has 0 bridgehead atoms. The fourth-order valence-electron chi connectivity index (χ4n) is 1.52. The van der Waals surface area contributed by atoms with Crippen molar-refractivity contribution in [2.75, 3.05) is 7.11 Å². The quantitative estimate of drug-likeness (QED) is 0.802. The van der Waals surface area contributed by atoms with Crippen LogP contribution in [0.2, 0.25) is 5.02 Å². The third-order valence-corrected chi connectivity index (χ3v) is 3.81. The van der Waals surface area contributed by atoms with Crippen LogP contribution in [0.5, 0.6) is 5.75 Å². The summed E-state index contributed by atoms with van der Waals surface area (Å²) < 4.78 is 5.21. The number of methoxy groups -OCH3 is 1. The zero-order valence-corrected chi connectivity index (χ0v) is 12.3. The van der Waals surface area contributed by atoms with E-state index in [0.717, 1.165) is 15.7 Å². The number of nitrogens with zero attached hydrogens (tertiary/aromatic N) is 1. The monoisotopic (exact) mass is 291 g/mol. The van der Waals surface area contributed by atoms with Gasteiger partial charge in [0.2, 0.25) is 0 Å². The molecule has 0 aliphatic rings. The van der Waals surface area contributed by atoms with Crippen molar-refractivity contribution in [1.29, 1.82) is 5.26 Å². The molecule has 0 aliphatic carbocycles. The lowest BCUT2D eigenvalue weighted by molar-refractivity contribution is 0.413. The van der Waals surface area contributed by atoms with Crippen LogP contribution in [0, 0.1) is 18.8 Å². The number of rotatable bonds is 3. The summed E-state index contributed by atoms with van der Waals surface area (Å²) >= 11 is 7.65. The van der Waals surface area contributed by atoms with Crippen LogP contribution in [0.1, 0.15) is 5.56 Å². The number of hydrogen-bond donors (Lipinski definition) is 0. The van der Waals surface area contributed by atoms with Crippen LogP contribution in [0.4, 0.5) is 0 Å². The maximum absolute atomic E-state index is 6.50. The van der Waals surface area contributed by atoms with Gasteiger partial charge in [0.15, 0.2) is 0 Å². The van der Waals surface area contributed by atoms with Gasteiger partial charge in [0, 0.05) is 21.4 Å². The minimum atomic E-state index is 0.775. The summed E-state index contributed by atoms with van der Waals surface area (Å²) in [5.74, 6) is 0.876. The molecule has 4 heteroatoms. The lowest BCUT2D eigenvalue weighted by Crippen LogP contribution is -1.83. The molecule has 98 valence electrons. The van der Waals surface area contributed by atoms with Crippen molar-refractivity contribution in [3.8, 4) is 12.3 Å². The zero-order chi connectivity index (χ0) is 14.3. The highest BCUT2D eigenvalue weighted by Gasteiger charge is 2.03. The van der Waals surface area contributed by atoms with Gasteiger partial charge >= 0.3 is 0 Å². The Labute approximate surface area is 123 Å². The lowest BCUT2D eigenvalue weighted by Gasteiger charge is -2.07. The summed E-state index contributed by atoms with van der Waals surface area (Å²) in [7, 11) is 1.68. The van der Waals surface area contributed by atoms with E-state index >= 15 is 0 Å². The summed E-state index contributed by atoms with van der Waals surface area (Å²) in [4.78, 5) is 2.37. The molecule has 0 fully saturated rings. The van der Waals surface area contributed by atoms with Crippen molar-refractivity contribution >= 4 is 23.4 Å². The molecule has 0 saturated heterocycles. The number of hydrogen-bond acceptors (Lipinski definition) is 3. The Morgan fingerprint density at radius 1 is 1.16 bits per heavy atom. The van der Waals surface area contributed by atoms with Gasteiger partial charge in [-0.25, -0.2) is 5.26 Å². The normalized spacial score (nSPS) is 9.32. The number of aryl methyl sites for hydroxylation is 1. The Kier molecular flexibility index (Phi) is 6.27. The van der Waals surface area contributed by atoms with Crippen LogP contribution in [0.15, 0.2) is 52.3 Å². The van der Waals surface area contributed by atoms with Crippen LogP contribution in [0.3, 0.4) is 0 Å². The molecule has 0 saturated carbocycles. The van der Waals surface area contributed by atoms with E-state index in [1.54, 1.807) is 18.9 Å². The third kappa shape index (κ3) is 4.51. The minimum absolute atomic E-state index is 0.775. The van der Waals surface area contributed by atoms with E-state index in [4.69, 9.17) is 21.6 Å². The Morgan fingerprint density at radius 2 is 1.89 bits per heavy atom. The molecule has 2 aromatic rings. The SMILES string of the molecule is C#N.COc1cccc(Sc2ccc(Cl)cc2C)c1. The van der Waals surface area contributed by atoms with Gasteiger partial charge < -0.3 is 4.74 Å². The zero-order valence-electron chi connectivity index (χ0n) is 10.8. The van der Waals surface area contributed by atoms with Crippen molar-refractivity contribution in [2.45, 2.75) is 16.7 Å². The molecule has 0 unspecified atom stereocenters. The van der Waals surface area contributed by atoms with Crippen LogP contribution < -0.4 is 4.74 Å². The van der Waals surface area contributed by atoms with Gasteiger partial charge in [-0.1, -0.05) is 29.4 Å². The fraction of sp³-hybridized carbons (Fsp3) is 0.133. The number of benzene rings is 2. The number of ether oxygens (including phenoxy) is 1. The van der Waals surface area contributed by atoms with E-state index < -0.39 is 0 Å². The molecule has 2 rings (SSSR count). The summed E-state index contributed by atoms with van der Waals surface area (Å²) in [6.45, 7) is 5.56. The lowest BCUT2D eigenvalue weighted by atomic mass is 10.2. The van der Waals surface area contributed by atoms with Crippen LogP contribution >= 0.6 is 23.4 Å². The second kappa shape index (κ2) is 7.73. The second-order valence-electron chi connectivity index (χ2n) is 3.69. The Morgan fingerprint density at radius 3 is 2.53 bits per heavy atom. The van der Waals surface area contributed by atoms with Crippen molar-refractivity contribution < 1.29 is 4.74 Å². The van der Waals surface area contributed by atoms with Crippen LogP contribution in [-0.4, -0.2) is 7.11 Å². The van der Waals surface area contributed by atoms with E-state index in [-0.39, 0.29) is 0 Å². The van der Waals surface area contributed by atoms with E-state index in [1.807, 2.05) is 36.4 Å². The average Bonchev–Trinajstić information content (AvgIpc) is 2.44. The highest BCUT2D eigenvalue weighted by Crippen LogP contribution is 2.33. The molecule has 2 nitrogen and oxygen atoms in total.